The molecule has 1 rings (SSSR count). The second kappa shape index (κ2) is 4.75. The normalized spacial score (nSPS) is 19.2. The van der Waals surface area contributed by atoms with Crippen LogP contribution in [-0.4, -0.2) is 11.6 Å². The van der Waals surface area contributed by atoms with E-state index >= 15 is 0 Å². The van der Waals surface area contributed by atoms with Crippen molar-refractivity contribution in [3.63, 3.8) is 0 Å². The molecule has 0 bridgehead atoms. The monoisotopic (exact) mass is 224 g/mol. The predicted molar refractivity (Wildman–Crippen MR) is 58.1 cm³/mol. The van der Waals surface area contributed by atoms with Crippen molar-refractivity contribution in [3.05, 3.63) is 0 Å². The zero-order chi connectivity index (χ0) is 12.3. The minimum atomic E-state index is -2.44. The molecule has 0 atom stereocenters. The van der Waals surface area contributed by atoms with Gasteiger partial charge in [0.05, 0.1) is 0 Å². The van der Waals surface area contributed by atoms with Crippen LogP contribution in [0.2, 0.25) is 0 Å². The van der Waals surface area contributed by atoms with Gasteiger partial charge < -0.3 is 0 Å². The van der Waals surface area contributed by atoms with Gasteiger partial charge >= 0.3 is 0 Å². The Balaban J connectivity index is 0.000000288. The smallest absolute Gasteiger partial charge is 0.245 e. The molecule has 0 aliphatic heterocycles. The number of hydrogen-bond donors (Lipinski definition) is 0. The van der Waals surface area contributed by atoms with Gasteiger partial charge in [0.2, 0.25) is 0 Å². The van der Waals surface area contributed by atoms with Gasteiger partial charge in [0, 0.05) is 5.41 Å². The molecule has 1 aliphatic carbocycles. The topological polar surface area (TPSA) is 0 Å². The lowest BCUT2D eigenvalue weighted by Gasteiger charge is -2.20. The molecule has 92 valence electrons. The lowest BCUT2D eigenvalue weighted by Crippen LogP contribution is -2.24. The molecule has 1 fully saturated rings. The third kappa shape index (κ3) is 4.89. The van der Waals surface area contributed by atoms with E-state index in [1.807, 2.05) is 13.8 Å². The molecule has 0 aromatic rings. The predicted octanol–water partition coefficient (Wildman–Crippen LogP) is 4.98. The molecule has 0 saturated heterocycles. The van der Waals surface area contributed by atoms with E-state index in [-0.39, 0.29) is 0 Å². The minimum absolute atomic E-state index is 0.604. The van der Waals surface area contributed by atoms with Crippen molar-refractivity contribution in [1.82, 2.24) is 0 Å². The molecular weight excluding hydrogens is 201 g/mol. The standard InChI is InChI=1S/C7H12F2.C5H11F/c1-3-7(4-5-7)6(2,8)9;1-4-5(2,3)6/h3-5H2,1-2H3;4H2,1-3H3. The quantitative estimate of drug-likeness (QED) is 0.634. The lowest BCUT2D eigenvalue weighted by molar-refractivity contribution is -0.0558. The summed E-state index contributed by atoms with van der Waals surface area (Å²) >= 11 is 0. The van der Waals surface area contributed by atoms with Gasteiger partial charge in [-0.05, 0) is 46.5 Å². The van der Waals surface area contributed by atoms with E-state index < -0.39 is 17.0 Å². The summed E-state index contributed by atoms with van der Waals surface area (Å²) in [5, 5.41) is 0. The van der Waals surface area contributed by atoms with E-state index in [2.05, 4.69) is 0 Å². The van der Waals surface area contributed by atoms with Gasteiger partial charge in [-0.25, -0.2) is 13.2 Å². The van der Waals surface area contributed by atoms with E-state index in [4.69, 9.17) is 0 Å². The van der Waals surface area contributed by atoms with E-state index in [1.54, 1.807) is 13.8 Å². The first-order valence-electron chi connectivity index (χ1n) is 5.65. The third-order valence-electron chi connectivity index (χ3n) is 3.30. The summed E-state index contributed by atoms with van der Waals surface area (Å²) < 4.78 is 37.2. The van der Waals surface area contributed by atoms with Gasteiger partial charge in [0.1, 0.15) is 5.67 Å². The van der Waals surface area contributed by atoms with Crippen LogP contribution in [0.15, 0.2) is 0 Å². The third-order valence-corrected chi connectivity index (χ3v) is 3.30. The van der Waals surface area contributed by atoms with Crippen LogP contribution in [0.3, 0.4) is 0 Å². The molecule has 3 heteroatoms. The minimum Gasteiger partial charge on any atom is -0.245 e. The van der Waals surface area contributed by atoms with Crippen molar-refractivity contribution in [1.29, 1.82) is 0 Å². The van der Waals surface area contributed by atoms with Crippen molar-refractivity contribution in [2.24, 2.45) is 5.41 Å². The van der Waals surface area contributed by atoms with E-state index in [1.165, 1.54) is 0 Å². The summed E-state index contributed by atoms with van der Waals surface area (Å²) in [6.45, 7) is 7.86. The van der Waals surface area contributed by atoms with E-state index in [0.29, 0.717) is 25.7 Å². The molecule has 0 heterocycles. The highest BCUT2D eigenvalue weighted by atomic mass is 19.3. The molecule has 15 heavy (non-hydrogen) atoms. The molecular formula is C12H23F3. The molecule has 0 amide bonds. The molecule has 1 aliphatic rings. The van der Waals surface area contributed by atoms with Gasteiger partial charge in [-0.3, -0.25) is 0 Å². The maximum absolute atomic E-state index is 12.6. The van der Waals surface area contributed by atoms with Crippen molar-refractivity contribution < 1.29 is 13.2 Å². The van der Waals surface area contributed by atoms with Gasteiger partial charge in [0.15, 0.2) is 0 Å². The lowest BCUT2D eigenvalue weighted by atomic mass is 9.97. The molecule has 0 unspecified atom stereocenters. The van der Waals surface area contributed by atoms with Crippen LogP contribution in [0, 0.1) is 5.41 Å². The molecule has 0 radical (unpaired) electrons. The Morgan fingerprint density at radius 1 is 1.00 bits per heavy atom. The van der Waals surface area contributed by atoms with Gasteiger partial charge in [0.25, 0.3) is 5.92 Å². The maximum Gasteiger partial charge on any atom is 0.250 e. The number of rotatable bonds is 3. The van der Waals surface area contributed by atoms with E-state index in [9.17, 15) is 13.2 Å². The number of halogens is 3. The van der Waals surface area contributed by atoms with Crippen LogP contribution in [0.4, 0.5) is 13.2 Å². The van der Waals surface area contributed by atoms with Gasteiger partial charge in [-0.15, -0.1) is 0 Å². The number of hydrogen-bond acceptors (Lipinski definition) is 0. The van der Waals surface area contributed by atoms with Crippen molar-refractivity contribution in [2.75, 3.05) is 0 Å². The molecule has 0 N–H and O–H groups in total. The zero-order valence-electron chi connectivity index (χ0n) is 10.5. The fraction of sp³-hybridized carbons (Fsp3) is 1.00. The average Bonchev–Trinajstić information content (AvgIpc) is 2.82. The molecule has 0 aromatic heterocycles. The van der Waals surface area contributed by atoms with Crippen LogP contribution in [-0.2, 0) is 0 Å². The Morgan fingerprint density at radius 2 is 1.33 bits per heavy atom. The fourth-order valence-corrected chi connectivity index (χ4v) is 1.25. The Morgan fingerprint density at radius 3 is 1.33 bits per heavy atom. The Labute approximate surface area is 91.3 Å². The number of alkyl halides is 3. The van der Waals surface area contributed by atoms with Crippen LogP contribution in [0.5, 0.6) is 0 Å². The summed E-state index contributed by atoms with van der Waals surface area (Å²) in [4.78, 5) is 0. The first-order chi connectivity index (χ1) is 6.58. The van der Waals surface area contributed by atoms with Crippen molar-refractivity contribution in [3.8, 4) is 0 Å². The first-order valence-corrected chi connectivity index (χ1v) is 5.65. The molecule has 0 aromatic carbocycles. The SMILES string of the molecule is CCC(C)(C)F.CCC1(C(C)(F)F)CC1. The summed E-state index contributed by atoms with van der Waals surface area (Å²) in [5.41, 5.74) is -1.56. The molecule has 0 nitrogen and oxygen atoms in total. The summed E-state index contributed by atoms with van der Waals surface area (Å²) in [5.74, 6) is -2.44. The highest BCUT2D eigenvalue weighted by molar-refractivity contribution is 5.00. The van der Waals surface area contributed by atoms with Crippen molar-refractivity contribution in [2.45, 2.75) is 71.9 Å². The van der Waals surface area contributed by atoms with Gasteiger partial charge in [-0.1, -0.05) is 13.8 Å². The average molecular weight is 224 g/mol. The first kappa shape index (κ1) is 14.8. The van der Waals surface area contributed by atoms with Crippen LogP contribution < -0.4 is 0 Å². The summed E-state index contributed by atoms with van der Waals surface area (Å²) in [6, 6.07) is 0. The Kier molecular flexibility index (Phi) is 4.68. The Hall–Kier alpha value is -0.210. The summed E-state index contributed by atoms with van der Waals surface area (Å²) in [7, 11) is 0. The largest absolute Gasteiger partial charge is 0.250 e. The van der Waals surface area contributed by atoms with Gasteiger partial charge in [-0.2, -0.15) is 0 Å². The second-order valence-electron chi connectivity index (χ2n) is 5.09. The fourth-order valence-electron chi connectivity index (χ4n) is 1.25. The van der Waals surface area contributed by atoms with Crippen molar-refractivity contribution >= 4 is 0 Å². The van der Waals surface area contributed by atoms with Crippen LogP contribution in [0.25, 0.3) is 0 Å². The zero-order valence-corrected chi connectivity index (χ0v) is 10.5. The second-order valence-corrected chi connectivity index (χ2v) is 5.09. The summed E-state index contributed by atoms with van der Waals surface area (Å²) in [6.07, 6.45) is 2.66. The van der Waals surface area contributed by atoms with Crippen LogP contribution >= 0.6 is 0 Å². The maximum atomic E-state index is 12.6. The Bertz CT molecular complexity index is 182. The highest BCUT2D eigenvalue weighted by Crippen LogP contribution is 2.58. The highest BCUT2D eigenvalue weighted by Gasteiger charge is 2.57. The van der Waals surface area contributed by atoms with E-state index in [0.717, 1.165) is 6.92 Å². The van der Waals surface area contributed by atoms with Crippen LogP contribution in [0.1, 0.15) is 60.3 Å². The molecule has 1 saturated carbocycles. The molecule has 0 spiro atoms.